The molecule has 3 heterocycles. The maximum atomic E-state index is 14.6. The van der Waals surface area contributed by atoms with Gasteiger partial charge in [-0.05, 0) is 42.8 Å². The highest BCUT2D eigenvalue weighted by atomic mass is 32.2. The minimum absolute atomic E-state index is 0.152. The van der Waals surface area contributed by atoms with Crippen LogP contribution in [0.5, 0.6) is 0 Å². The van der Waals surface area contributed by atoms with Crippen LogP contribution in [0.15, 0.2) is 53.8 Å². The van der Waals surface area contributed by atoms with Crippen molar-refractivity contribution in [2.45, 2.75) is 55.4 Å². The molecular formula is C24H19F8N5O3S. The second-order valence-corrected chi connectivity index (χ2v) is 10.9. The number of hydrogen-bond donors (Lipinski definition) is 1. The van der Waals surface area contributed by atoms with E-state index in [1.165, 1.54) is 6.92 Å². The highest BCUT2D eigenvalue weighted by Crippen LogP contribution is 2.35. The number of carbonyl (C=O) groups is 1. The zero-order valence-corrected chi connectivity index (χ0v) is 21.5. The van der Waals surface area contributed by atoms with Crippen molar-refractivity contribution >= 4 is 15.9 Å². The van der Waals surface area contributed by atoms with E-state index in [1.54, 1.807) is 0 Å². The molecule has 8 nitrogen and oxygen atoms in total. The van der Waals surface area contributed by atoms with Gasteiger partial charge in [-0.1, -0.05) is 0 Å². The zero-order valence-electron chi connectivity index (χ0n) is 20.7. The number of hydrogen-bond acceptors (Lipinski definition) is 6. The third-order valence-corrected chi connectivity index (χ3v) is 8.33. The van der Waals surface area contributed by atoms with Gasteiger partial charge in [0, 0.05) is 37.1 Å². The van der Waals surface area contributed by atoms with Crippen molar-refractivity contribution < 1.29 is 48.3 Å². The van der Waals surface area contributed by atoms with Crippen LogP contribution in [0.25, 0.3) is 11.3 Å². The lowest BCUT2D eigenvalue weighted by molar-refractivity contribution is -0.145. The van der Waals surface area contributed by atoms with Gasteiger partial charge in [-0.15, -0.1) is 0 Å². The molecule has 3 aromatic rings. The monoisotopic (exact) mass is 609 g/mol. The number of pyridine rings is 1. The minimum atomic E-state index is -4.95. The molecule has 0 spiro atoms. The zero-order chi connectivity index (χ0) is 30.3. The number of sulfonamides is 1. The van der Waals surface area contributed by atoms with Crippen molar-refractivity contribution in [1.82, 2.24) is 24.6 Å². The van der Waals surface area contributed by atoms with Crippen LogP contribution >= 0.6 is 0 Å². The van der Waals surface area contributed by atoms with Gasteiger partial charge in [0.15, 0.2) is 0 Å². The van der Waals surface area contributed by atoms with Gasteiger partial charge in [0.2, 0.25) is 21.8 Å². The molecule has 4 rings (SSSR count). The largest absolute Gasteiger partial charge is 0.451 e. The lowest BCUT2D eigenvalue weighted by Crippen LogP contribution is -2.48. The summed E-state index contributed by atoms with van der Waals surface area (Å²) in [4.78, 5) is 22.5. The lowest BCUT2D eigenvalue weighted by atomic mass is 10.1. The van der Waals surface area contributed by atoms with E-state index in [9.17, 15) is 48.3 Å². The Labute approximate surface area is 227 Å². The smallest absolute Gasteiger partial charge is 0.351 e. The van der Waals surface area contributed by atoms with Gasteiger partial charge in [0.25, 0.3) is 0 Å². The topological polar surface area (TPSA) is 105 Å². The Morgan fingerprint density at radius 3 is 2.17 bits per heavy atom. The van der Waals surface area contributed by atoms with Crippen molar-refractivity contribution in [3.05, 3.63) is 71.7 Å². The molecule has 1 N–H and O–H groups in total. The van der Waals surface area contributed by atoms with Crippen molar-refractivity contribution in [2.75, 3.05) is 0 Å². The van der Waals surface area contributed by atoms with Crippen molar-refractivity contribution in [3.8, 4) is 11.3 Å². The minimum Gasteiger partial charge on any atom is -0.351 e. The summed E-state index contributed by atoms with van der Waals surface area (Å²) in [6.07, 6.45) is -10.3. The van der Waals surface area contributed by atoms with E-state index in [1.807, 2.05) is 0 Å². The first kappa shape index (κ1) is 30.2. The number of rotatable bonds is 6. The first-order valence-electron chi connectivity index (χ1n) is 11.7. The number of aromatic nitrogens is 3. The number of alkyl halides is 7. The molecule has 1 aliphatic rings. The highest BCUT2D eigenvalue weighted by molar-refractivity contribution is 7.89. The van der Waals surface area contributed by atoms with Crippen molar-refractivity contribution in [2.24, 2.45) is 0 Å². The summed E-state index contributed by atoms with van der Waals surface area (Å²) in [7, 11) is -4.52. The average molecular weight is 609 g/mol. The molecule has 3 atom stereocenters. The van der Waals surface area contributed by atoms with E-state index in [-0.39, 0.29) is 11.3 Å². The first-order chi connectivity index (χ1) is 19.0. The van der Waals surface area contributed by atoms with Gasteiger partial charge in [-0.2, -0.15) is 30.6 Å². The van der Waals surface area contributed by atoms with Crippen molar-refractivity contribution in [1.29, 1.82) is 0 Å². The molecule has 0 bridgehead atoms. The second-order valence-electron chi connectivity index (χ2n) is 9.03. The number of benzene rings is 1. The standard InChI is InChI=1S/C24H19F8N5O3S/c1-12-18(26)7-20(37(12)41(39,40)16-4-2-15(25)3-5-16)21(38)34-8-13-6-19(33-11-17(13)23(27,28)29)14-9-35-22(36-10-14)24(30,31)32/h2-6,9-12,18,20H,7-8H2,1H3,(H,34,38)/t12?,18-,20?/m1/s1. The number of nitrogens with one attached hydrogen (secondary N) is 1. The summed E-state index contributed by atoms with van der Waals surface area (Å²) >= 11 is 0. The molecule has 2 unspecified atom stereocenters. The van der Waals surface area contributed by atoms with Gasteiger partial charge >= 0.3 is 12.4 Å². The highest BCUT2D eigenvalue weighted by Gasteiger charge is 2.49. The summed E-state index contributed by atoms with van der Waals surface area (Å²) in [5.41, 5.74) is -2.24. The van der Waals surface area contributed by atoms with Crippen LogP contribution in [0, 0.1) is 5.82 Å². The van der Waals surface area contributed by atoms with Crippen LogP contribution < -0.4 is 5.32 Å². The predicted octanol–water partition coefficient (Wildman–Crippen LogP) is 4.52. The summed E-state index contributed by atoms with van der Waals surface area (Å²) in [6, 6.07) is 1.46. The predicted molar refractivity (Wildman–Crippen MR) is 125 cm³/mol. The maximum Gasteiger partial charge on any atom is 0.451 e. The fourth-order valence-electron chi connectivity index (χ4n) is 4.26. The number of halogens is 8. The van der Waals surface area contributed by atoms with E-state index in [4.69, 9.17) is 0 Å². The van der Waals surface area contributed by atoms with Crippen LogP contribution in [0.4, 0.5) is 35.1 Å². The average Bonchev–Trinajstić information content (AvgIpc) is 3.21. The van der Waals surface area contributed by atoms with Gasteiger partial charge in [0.05, 0.1) is 22.2 Å². The van der Waals surface area contributed by atoms with E-state index < -0.39 is 87.2 Å². The fraction of sp³-hybridized carbons (Fsp3) is 0.333. The molecule has 1 aromatic carbocycles. The molecule has 1 saturated heterocycles. The summed E-state index contributed by atoms with van der Waals surface area (Å²) < 4.78 is 134. The summed E-state index contributed by atoms with van der Waals surface area (Å²) in [5, 5.41) is 2.19. The maximum absolute atomic E-state index is 14.6. The Morgan fingerprint density at radius 2 is 1.61 bits per heavy atom. The van der Waals surface area contributed by atoms with Crippen LogP contribution in [0.1, 0.15) is 30.3 Å². The van der Waals surface area contributed by atoms with Crippen LogP contribution in [-0.2, 0) is 33.7 Å². The third-order valence-electron chi connectivity index (χ3n) is 6.32. The molecular weight excluding hydrogens is 590 g/mol. The Hall–Kier alpha value is -3.73. The number of amides is 1. The molecule has 1 aliphatic heterocycles. The molecule has 1 amide bonds. The quantitative estimate of drug-likeness (QED) is 0.413. The lowest BCUT2D eigenvalue weighted by Gasteiger charge is -2.27. The van der Waals surface area contributed by atoms with E-state index >= 15 is 0 Å². The number of carbonyl (C=O) groups excluding carboxylic acids is 1. The fourth-order valence-corrected chi connectivity index (χ4v) is 6.07. The molecule has 17 heteroatoms. The van der Waals surface area contributed by atoms with E-state index in [0.29, 0.717) is 22.9 Å². The van der Waals surface area contributed by atoms with Crippen LogP contribution in [-0.4, -0.2) is 51.8 Å². The molecule has 0 aliphatic carbocycles. The molecule has 0 radical (unpaired) electrons. The molecule has 41 heavy (non-hydrogen) atoms. The Balaban J connectivity index is 1.61. The normalized spacial score (nSPS) is 20.3. The summed E-state index contributed by atoms with van der Waals surface area (Å²) in [6.45, 7) is 0.388. The van der Waals surface area contributed by atoms with E-state index in [2.05, 4.69) is 20.3 Å². The van der Waals surface area contributed by atoms with Gasteiger partial charge in [0.1, 0.15) is 18.0 Å². The van der Waals surface area contributed by atoms with Gasteiger partial charge < -0.3 is 5.32 Å². The summed E-state index contributed by atoms with van der Waals surface area (Å²) in [5.74, 6) is -3.32. The Bertz CT molecular complexity index is 1530. The van der Waals surface area contributed by atoms with Crippen LogP contribution in [0.2, 0.25) is 0 Å². The third kappa shape index (κ3) is 6.29. The van der Waals surface area contributed by atoms with Crippen LogP contribution in [0.3, 0.4) is 0 Å². The molecule has 1 fully saturated rings. The molecule has 0 saturated carbocycles. The molecule has 2 aromatic heterocycles. The van der Waals surface area contributed by atoms with E-state index in [0.717, 1.165) is 30.3 Å². The molecule has 220 valence electrons. The Morgan fingerprint density at radius 1 is 1.00 bits per heavy atom. The van der Waals surface area contributed by atoms with Gasteiger partial charge in [-0.25, -0.2) is 27.2 Å². The Kier molecular flexibility index (Phi) is 8.05. The second kappa shape index (κ2) is 10.9. The number of nitrogens with zero attached hydrogens (tertiary/aromatic N) is 4. The van der Waals surface area contributed by atoms with Crippen molar-refractivity contribution in [3.63, 3.8) is 0 Å². The first-order valence-corrected chi connectivity index (χ1v) is 13.1. The van der Waals surface area contributed by atoms with Gasteiger partial charge in [-0.3, -0.25) is 9.78 Å². The SMILES string of the molecule is CC1[C@H](F)CC(C(=O)NCc2cc(-c3cnc(C(F)(F)F)nc3)ncc2C(F)(F)F)N1S(=O)(=O)c1ccc(F)cc1.